The lowest BCUT2D eigenvalue weighted by Gasteiger charge is -2.12. The minimum absolute atomic E-state index is 0.0448. The third-order valence-electron chi connectivity index (χ3n) is 5.15. The summed E-state index contributed by atoms with van der Waals surface area (Å²) < 4.78 is 7.62. The maximum Gasteiger partial charge on any atom is 0.230 e. The Morgan fingerprint density at radius 2 is 1.90 bits per heavy atom. The molecule has 1 aliphatic rings. The number of amides is 1. The van der Waals surface area contributed by atoms with Crippen molar-refractivity contribution >= 4 is 17.7 Å². The number of ether oxygens (including phenoxy) is 1. The molecule has 1 fully saturated rings. The first-order chi connectivity index (χ1) is 14.7. The molecule has 2 aromatic carbocycles. The quantitative estimate of drug-likeness (QED) is 0.503. The van der Waals surface area contributed by atoms with Gasteiger partial charge in [-0.1, -0.05) is 54.2 Å². The highest BCUT2D eigenvalue weighted by Crippen LogP contribution is 2.31. The SMILES string of the molecule is COc1ccccc1-c1nnc(SCC(=O)NCC2CC2)n1CCc1ccccc1. The second-order valence-electron chi connectivity index (χ2n) is 7.43. The Kier molecular flexibility index (Phi) is 6.69. The number of hydrogen-bond acceptors (Lipinski definition) is 5. The normalized spacial score (nSPS) is 13.2. The molecule has 0 unspecified atom stereocenters. The maximum atomic E-state index is 12.2. The first-order valence-corrected chi connectivity index (χ1v) is 11.2. The highest BCUT2D eigenvalue weighted by atomic mass is 32.2. The first kappa shape index (κ1) is 20.5. The van der Waals surface area contributed by atoms with Gasteiger partial charge in [0.05, 0.1) is 18.4 Å². The minimum atomic E-state index is 0.0448. The number of benzene rings is 2. The van der Waals surface area contributed by atoms with Crippen LogP contribution < -0.4 is 10.1 Å². The van der Waals surface area contributed by atoms with E-state index in [0.717, 1.165) is 41.8 Å². The lowest BCUT2D eigenvalue weighted by atomic mass is 10.1. The number of aryl methyl sites for hydroxylation is 1. The Morgan fingerprint density at radius 1 is 1.13 bits per heavy atom. The third kappa shape index (κ3) is 5.21. The van der Waals surface area contributed by atoms with Gasteiger partial charge in [0.15, 0.2) is 11.0 Å². The van der Waals surface area contributed by atoms with Gasteiger partial charge in [-0.3, -0.25) is 4.79 Å². The van der Waals surface area contributed by atoms with Crippen LogP contribution in [0.4, 0.5) is 0 Å². The smallest absolute Gasteiger partial charge is 0.230 e. The molecule has 0 atom stereocenters. The van der Waals surface area contributed by atoms with E-state index in [4.69, 9.17) is 4.74 Å². The van der Waals surface area contributed by atoms with E-state index in [1.807, 2.05) is 42.5 Å². The molecular weight excluding hydrogens is 396 g/mol. The predicted molar refractivity (Wildman–Crippen MR) is 119 cm³/mol. The summed E-state index contributed by atoms with van der Waals surface area (Å²) in [4.78, 5) is 12.2. The van der Waals surface area contributed by atoms with Crippen LogP contribution in [0.5, 0.6) is 5.75 Å². The molecule has 1 amide bonds. The van der Waals surface area contributed by atoms with Crippen LogP contribution >= 0.6 is 11.8 Å². The van der Waals surface area contributed by atoms with E-state index in [9.17, 15) is 4.79 Å². The lowest BCUT2D eigenvalue weighted by molar-refractivity contribution is -0.118. The molecule has 3 aromatic rings. The van der Waals surface area contributed by atoms with Gasteiger partial charge in [-0.25, -0.2) is 0 Å². The van der Waals surface area contributed by atoms with Crippen LogP contribution in [0, 0.1) is 5.92 Å². The summed E-state index contributed by atoms with van der Waals surface area (Å²) >= 11 is 1.43. The van der Waals surface area contributed by atoms with Crippen molar-refractivity contribution in [3.8, 4) is 17.1 Å². The van der Waals surface area contributed by atoms with Crippen LogP contribution in [0.3, 0.4) is 0 Å². The predicted octanol–water partition coefficient (Wildman–Crippen LogP) is 3.81. The Labute approximate surface area is 181 Å². The standard InChI is InChI=1S/C23H26N4O2S/c1-29-20-10-6-5-9-19(20)22-25-26-23(30-16-21(28)24-15-18-11-12-18)27(22)14-13-17-7-3-2-4-8-17/h2-10,18H,11-16H2,1H3,(H,24,28). The highest BCUT2D eigenvalue weighted by molar-refractivity contribution is 7.99. The Morgan fingerprint density at radius 3 is 2.67 bits per heavy atom. The summed E-state index contributed by atoms with van der Waals surface area (Å²) in [5.41, 5.74) is 2.14. The fourth-order valence-corrected chi connectivity index (χ4v) is 4.07. The average molecular weight is 423 g/mol. The molecule has 156 valence electrons. The molecule has 0 spiro atoms. The average Bonchev–Trinajstić information content (AvgIpc) is 3.54. The summed E-state index contributed by atoms with van der Waals surface area (Å²) in [6.07, 6.45) is 3.30. The van der Waals surface area contributed by atoms with Gasteiger partial charge in [0, 0.05) is 13.1 Å². The summed E-state index contributed by atoms with van der Waals surface area (Å²) in [6, 6.07) is 18.1. The van der Waals surface area contributed by atoms with Crippen molar-refractivity contribution in [1.29, 1.82) is 0 Å². The van der Waals surface area contributed by atoms with Crippen LogP contribution in [0.15, 0.2) is 59.8 Å². The van der Waals surface area contributed by atoms with Gasteiger partial charge in [-0.05, 0) is 42.9 Å². The number of rotatable bonds is 10. The fourth-order valence-electron chi connectivity index (χ4n) is 3.27. The summed E-state index contributed by atoms with van der Waals surface area (Å²) in [5.74, 6) is 2.56. The molecule has 0 aliphatic heterocycles. The molecule has 0 bridgehead atoms. The number of para-hydroxylation sites is 1. The van der Waals surface area contributed by atoms with Crippen molar-refractivity contribution in [2.75, 3.05) is 19.4 Å². The van der Waals surface area contributed by atoms with E-state index in [2.05, 4.69) is 32.2 Å². The van der Waals surface area contributed by atoms with Gasteiger partial charge in [0.1, 0.15) is 5.75 Å². The highest BCUT2D eigenvalue weighted by Gasteiger charge is 2.22. The molecule has 0 saturated heterocycles. The Balaban J connectivity index is 1.53. The lowest BCUT2D eigenvalue weighted by Crippen LogP contribution is -2.27. The zero-order valence-electron chi connectivity index (χ0n) is 17.1. The molecule has 0 radical (unpaired) electrons. The summed E-state index contributed by atoms with van der Waals surface area (Å²) in [6.45, 7) is 1.50. The van der Waals surface area contributed by atoms with Crippen LogP contribution in [0.2, 0.25) is 0 Å². The second-order valence-corrected chi connectivity index (χ2v) is 8.37. The van der Waals surface area contributed by atoms with Crippen LogP contribution in [-0.4, -0.2) is 40.1 Å². The maximum absolute atomic E-state index is 12.2. The largest absolute Gasteiger partial charge is 0.496 e. The van der Waals surface area contributed by atoms with E-state index >= 15 is 0 Å². The van der Waals surface area contributed by atoms with E-state index in [-0.39, 0.29) is 5.91 Å². The number of carbonyl (C=O) groups excluding carboxylic acids is 1. The molecule has 4 rings (SSSR count). The zero-order valence-corrected chi connectivity index (χ0v) is 17.9. The van der Waals surface area contributed by atoms with Crippen LogP contribution in [0.1, 0.15) is 18.4 Å². The Bertz CT molecular complexity index is 986. The van der Waals surface area contributed by atoms with Gasteiger partial charge in [0.2, 0.25) is 5.91 Å². The fraction of sp³-hybridized carbons (Fsp3) is 0.348. The zero-order chi connectivity index (χ0) is 20.8. The molecule has 30 heavy (non-hydrogen) atoms. The molecule has 1 N–H and O–H groups in total. The van der Waals surface area contributed by atoms with Gasteiger partial charge in [-0.15, -0.1) is 10.2 Å². The van der Waals surface area contributed by atoms with Crippen molar-refractivity contribution in [2.24, 2.45) is 5.92 Å². The van der Waals surface area contributed by atoms with Crippen molar-refractivity contribution in [3.63, 3.8) is 0 Å². The van der Waals surface area contributed by atoms with E-state index < -0.39 is 0 Å². The van der Waals surface area contributed by atoms with E-state index in [1.165, 1.54) is 30.2 Å². The van der Waals surface area contributed by atoms with Crippen molar-refractivity contribution in [1.82, 2.24) is 20.1 Å². The molecule has 1 aliphatic carbocycles. The van der Waals surface area contributed by atoms with Crippen molar-refractivity contribution in [3.05, 3.63) is 60.2 Å². The number of methoxy groups -OCH3 is 1. The van der Waals surface area contributed by atoms with Crippen LogP contribution in [0.25, 0.3) is 11.4 Å². The van der Waals surface area contributed by atoms with Gasteiger partial charge in [0.25, 0.3) is 0 Å². The Hall–Kier alpha value is -2.80. The van der Waals surface area contributed by atoms with Crippen molar-refractivity contribution in [2.45, 2.75) is 31.0 Å². The third-order valence-corrected chi connectivity index (χ3v) is 6.12. The molecule has 1 saturated carbocycles. The molecule has 1 heterocycles. The monoisotopic (exact) mass is 422 g/mol. The van der Waals surface area contributed by atoms with Crippen molar-refractivity contribution < 1.29 is 9.53 Å². The molecule has 6 nitrogen and oxygen atoms in total. The van der Waals surface area contributed by atoms with Gasteiger partial charge in [-0.2, -0.15) is 0 Å². The first-order valence-electron chi connectivity index (χ1n) is 10.2. The number of thioether (sulfide) groups is 1. The number of aromatic nitrogens is 3. The number of nitrogens with one attached hydrogen (secondary N) is 1. The van der Waals surface area contributed by atoms with E-state index in [0.29, 0.717) is 11.7 Å². The second kappa shape index (κ2) is 9.80. The molecule has 7 heteroatoms. The number of carbonyl (C=O) groups is 1. The van der Waals surface area contributed by atoms with E-state index in [1.54, 1.807) is 7.11 Å². The molecular formula is C23H26N4O2S. The van der Waals surface area contributed by atoms with Gasteiger partial charge < -0.3 is 14.6 Å². The van der Waals surface area contributed by atoms with Gasteiger partial charge >= 0.3 is 0 Å². The number of hydrogen-bond donors (Lipinski definition) is 1. The summed E-state index contributed by atoms with van der Waals surface area (Å²) in [7, 11) is 1.66. The van der Waals surface area contributed by atoms with Crippen LogP contribution in [-0.2, 0) is 17.8 Å². The summed E-state index contributed by atoms with van der Waals surface area (Å²) in [5, 5.41) is 12.6. The molecule has 1 aromatic heterocycles. The minimum Gasteiger partial charge on any atom is -0.496 e. The topological polar surface area (TPSA) is 69.0 Å². The number of nitrogens with zero attached hydrogens (tertiary/aromatic N) is 3.